The summed E-state index contributed by atoms with van der Waals surface area (Å²) in [6, 6.07) is 7.75. The minimum Gasteiger partial charge on any atom is -0.287 e. The van der Waals surface area contributed by atoms with Gasteiger partial charge in [0, 0.05) is 10.9 Å². The van der Waals surface area contributed by atoms with Gasteiger partial charge in [0.15, 0.2) is 0 Å². The van der Waals surface area contributed by atoms with Crippen LogP contribution in [-0.4, -0.2) is 10.8 Å². The van der Waals surface area contributed by atoms with E-state index in [-0.39, 0.29) is 5.78 Å². The summed E-state index contributed by atoms with van der Waals surface area (Å²) < 4.78 is 0. The molecule has 0 aliphatic carbocycles. The van der Waals surface area contributed by atoms with Crippen LogP contribution in [0.2, 0.25) is 0 Å². The maximum absolute atomic E-state index is 11.9. The fraction of sp³-hybridized carbons (Fsp3) is 0.231. The monoisotopic (exact) mass is 231 g/mol. The Morgan fingerprint density at radius 2 is 1.94 bits per heavy atom. The summed E-state index contributed by atoms with van der Waals surface area (Å²) in [6.45, 7) is 4.27. The summed E-state index contributed by atoms with van der Waals surface area (Å²) in [5, 5.41) is 1.78. The topological polar surface area (TPSA) is 30.0 Å². The summed E-state index contributed by atoms with van der Waals surface area (Å²) in [6.07, 6.45) is 0. The standard InChI is InChI=1S/C13H13NOS/c1-9(2)10-3-5-11(6-4-10)13(15)12-7-16-8-14-12/h3-9H,1-2H3. The van der Waals surface area contributed by atoms with Gasteiger partial charge in [-0.25, -0.2) is 4.98 Å². The number of rotatable bonds is 3. The van der Waals surface area contributed by atoms with Crippen LogP contribution in [0, 0.1) is 0 Å². The summed E-state index contributed by atoms with van der Waals surface area (Å²) in [4.78, 5) is 16.0. The van der Waals surface area contributed by atoms with Crippen LogP contribution in [0.4, 0.5) is 0 Å². The molecule has 2 nitrogen and oxygen atoms in total. The van der Waals surface area contributed by atoms with Crippen molar-refractivity contribution in [3.05, 3.63) is 52.0 Å². The maximum Gasteiger partial charge on any atom is 0.212 e. The Morgan fingerprint density at radius 1 is 1.25 bits per heavy atom. The molecule has 0 amide bonds. The number of ketones is 1. The lowest BCUT2D eigenvalue weighted by Gasteiger charge is -2.05. The second-order valence-corrected chi connectivity index (χ2v) is 4.70. The second-order valence-electron chi connectivity index (χ2n) is 3.98. The van der Waals surface area contributed by atoms with Gasteiger partial charge in [-0.15, -0.1) is 11.3 Å². The van der Waals surface area contributed by atoms with E-state index in [9.17, 15) is 4.79 Å². The highest BCUT2D eigenvalue weighted by atomic mass is 32.1. The van der Waals surface area contributed by atoms with Gasteiger partial charge in [0.05, 0.1) is 5.51 Å². The number of carbonyl (C=O) groups excluding carboxylic acids is 1. The van der Waals surface area contributed by atoms with Gasteiger partial charge >= 0.3 is 0 Å². The molecule has 2 rings (SSSR count). The summed E-state index contributed by atoms with van der Waals surface area (Å²) in [5.41, 5.74) is 4.16. The van der Waals surface area contributed by atoms with E-state index < -0.39 is 0 Å². The average molecular weight is 231 g/mol. The Bertz CT molecular complexity index is 471. The molecule has 0 aliphatic rings. The van der Waals surface area contributed by atoms with Crippen molar-refractivity contribution in [2.75, 3.05) is 0 Å². The molecule has 0 atom stereocenters. The van der Waals surface area contributed by atoms with E-state index in [1.165, 1.54) is 16.9 Å². The first-order valence-electron chi connectivity index (χ1n) is 5.21. The second kappa shape index (κ2) is 4.58. The molecule has 0 aliphatic heterocycles. The SMILES string of the molecule is CC(C)c1ccc(C(=O)c2cscn2)cc1. The fourth-order valence-corrected chi connectivity index (χ4v) is 2.02. The van der Waals surface area contributed by atoms with Crippen molar-refractivity contribution in [2.45, 2.75) is 19.8 Å². The molecule has 82 valence electrons. The van der Waals surface area contributed by atoms with E-state index in [4.69, 9.17) is 0 Å². The number of hydrogen-bond donors (Lipinski definition) is 0. The van der Waals surface area contributed by atoms with Gasteiger partial charge in [-0.05, 0) is 11.5 Å². The molecular formula is C13H13NOS. The highest BCUT2D eigenvalue weighted by Crippen LogP contribution is 2.16. The molecule has 1 heterocycles. The highest BCUT2D eigenvalue weighted by molar-refractivity contribution is 7.07. The Balaban J connectivity index is 2.25. The van der Waals surface area contributed by atoms with E-state index >= 15 is 0 Å². The fourth-order valence-electron chi connectivity index (χ4n) is 1.49. The van der Waals surface area contributed by atoms with Crippen LogP contribution in [0.1, 0.15) is 41.4 Å². The van der Waals surface area contributed by atoms with Crippen molar-refractivity contribution in [1.82, 2.24) is 4.98 Å². The van der Waals surface area contributed by atoms with Crippen molar-refractivity contribution in [1.29, 1.82) is 0 Å². The van der Waals surface area contributed by atoms with Gasteiger partial charge in [-0.2, -0.15) is 0 Å². The number of nitrogens with zero attached hydrogens (tertiary/aromatic N) is 1. The van der Waals surface area contributed by atoms with Crippen LogP contribution < -0.4 is 0 Å². The van der Waals surface area contributed by atoms with Crippen LogP contribution in [0.3, 0.4) is 0 Å². The Hall–Kier alpha value is -1.48. The van der Waals surface area contributed by atoms with Gasteiger partial charge in [-0.1, -0.05) is 38.1 Å². The van der Waals surface area contributed by atoms with Gasteiger partial charge in [-0.3, -0.25) is 4.79 Å². The third-order valence-electron chi connectivity index (χ3n) is 2.50. The zero-order chi connectivity index (χ0) is 11.5. The molecule has 3 heteroatoms. The highest BCUT2D eigenvalue weighted by Gasteiger charge is 2.10. The lowest BCUT2D eigenvalue weighted by Crippen LogP contribution is -2.01. The number of thiazole rings is 1. The molecule has 0 spiro atoms. The molecule has 0 saturated carbocycles. The predicted molar refractivity (Wildman–Crippen MR) is 66.1 cm³/mol. The average Bonchev–Trinajstić information content (AvgIpc) is 2.81. The largest absolute Gasteiger partial charge is 0.287 e. The molecule has 0 unspecified atom stereocenters. The van der Waals surface area contributed by atoms with Crippen molar-refractivity contribution < 1.29 is 4.79 Å². The van der Waals surface area contributed by atoms with Gasteiger partial charge in [0.25, 0.3) is 0 Å². The zero-order valence-electron chi connectivity index (χ0n) is 9.31. The van der Waals surface area contributed by atoms with Crippen LogP contribution in [0.25, 0.3) is 0 Å². The Morgan fingerprint density at radius 3 is 2.44 bits per heavy atom. The number of aromatic nitrogens is 1. The summed E-state index contributed by atoms with van der Waals surface area (Å²) in [5.74, 6) is 0.486. The number of carbonyl (C=O) groups is 1. The van der Waals surface area contributed by atoms with E-state index in [1.807, 2.05) is 24.3 Å². The third kappa shape index (κ3) is 2.19. The van der Waals surface area contributed by atoms with Crippen molar-refractivity contribution in [3.8, 4) is 0 Å². The molecule has 16 heavy (non-hydrogen) atoms. The molecule has 1 aromatic heterocycles. The first-order valence-corrected chi connectivity index (χ1v) is 6.15. The first kappa shape index (κ1) is 11.0. The molecule has 0 bridgehead atoms. The molecule has 0 N–H and O–H groups in total. The zero-order valence-corrected chi connectivity index (χ0v) is 10.1. The smallest absolute Gasteiger partial charge is 0.212 e. The van der Waals surface area contributed by atoms with E-state index in [1.54, 1.807) is 10.9 Å². The van der Waals surface area contributed by atoms with Crippen molar-refractivity contribution >= 4 is 17.1 Å². The van der Waals surface area contributed by atoms with Crippen LogP contribution >= 0.6 is 11.3 Å². The Labute approximate surface area is 99.0 Å². The van der Waals surface area contributed by atoms with Crippen molar-refractivity contribution in [2.24, 2.45) is 0 Å². The lowest BCUT2D eigenvalue weighted by molar-refractivity contribution is 0.103. The third-order valence-corrected chi connectivity index (χ3v) is 3.09. The van der Waals surface area contributed by atoms with Crippen LogP contribution in [-0.2, 0) is 0 Å². The summed E-state index contributed by atoms with van der Waals surface area (Å²) in [7, 11) is 0. The van der Waals surface area contributed by atoms with Gasteiger partial charge in [0.2, 0.25) is 5.78 Å². The summed E-state index contributed by atoms with van der Waals surface area (Å²) >= 11 is 1.44. The molecule has 0 radical (unpaired) electrons. The number of hydrogen-bond acceptors (Lipinski definition) is 3. The lowest BCUT2D eigenvalue weighted by atomic mass is 10.00. The van der Waals surface area contributed by atoms with Crippen molar-refractivity contribution in [3.63, 3.8) is 0 Å². The van der Waals surface area contributed by atoms with E-state index in [0.717, 1.165) is 0 Å². The minimum atomic E-state index is -0.00319. The maximum atomic E-state index is 11.9. The molecule has 0 saturated heterocycles. The number of benzene rings is 1. The van der Waals surface area contributed by atoms with Gasteiger partial charge in [0.1, 0.15) is 5.69 Å². The van der Waals surface area contributed by atoms with Gasteiger partial charge < -0.3 is 0 Å². The quantitative estimate of drug-likeness (QED) is 0.757. The molecular weight excluding hydrogens is 218 g/mol. The van der Waals surface area contributed by atoms with Crippen LogP contribution in [0.15, 0.2) is 35.2 Å². The Kier molecular flexibility index (Phi) is 3.15. The van der Waals surface area contributed by atoms with E-state index in [0.29, 0.717) is 17.2 Å². The normalized spacial score (nSPS) is 10.7. The molecule has 1 aromatic carbocycles. The minimum absolute atomic E-state index is 0.00319. The van der Waals surface area contributed by atoms with E-state index in [2.05, 4.69) is 18.8 Å². The van der Waals surface area contributed by atoms with Crippen LogP contribution in [0.5, 0.6) is 0 Å². The molecule has 2 aromatic rings. The first-order chi connectivity index (χ1) is 7.68. The predicted octanol–water partition coefficient (Wildman–Crippen LogP) is 3.50. The molecule has 0 fully saturated rings.